The molecule has 2 aromatic carbocycles. The van der Waals surface area contributed by atoms with E-state index in [4.69, 9.17) is 5.73 Å². The van der Waals surface area contributed by atoms with Gasteiger partial charge < -0.3 is 15.6 Å². The second-order valence-electron chi connectivity index (χ2n) is 4.07. The third-order valence-corrected chi connectivity index (χ3v) is 2.92. The van der Waals surface area contributed by atoms with E-state index in [-0.39, 0.29) is 57.1 Å². The molecule has 0 atom stereocenters. The molecule has 1 aromatic heterocycles. The summed E-state index contributed by atoms with van der Waals surface area (Å²) in [4.78, 5) is 15.3. The van der Waals surface area contributed by atoms with Gasteiger partial charge in [0, 0.05) is 16.5 Å². The second kappa shape index (κ2) is 5.56. The Hall–Kier alpha value is -0.984. The SMILES string of the molecule is Nc1ccc2c(c1)c(C(=O)[O-])nc1ccccc12.[K+]. The summed E-state index contributed by atoms with van der Waals surface area (Å²) in [6.07, 6.45) is 0. The zero-order valence-corrected chi connectivity index (χ0v) is 13.5. The third-order valence-electron chi connectivity index (χ3n) is 2.92. The van der Waals surface area contributed by atoms with Crippen molar-refractivity contribution in [2.24, 2.45) is 0 Å². The first kappa shape index (κ1) is 14.4. The number of benzene rings is 2. The van der Waals surface area contributed by atoms with Crippen LogP contribution in [0.5, 0.6) is 0 Å². The van der Waals surface area contributed by atoms with Crippen LogP contribution < -0.4 is 62.2 Å². The normalized spacial score (nSPS) is 10.3. The summed E-state index contributed by atoms with van der Waals surface area (Å²) in [5.41, 5.74) is 6.76. The molecule has 2 N–H and O–H groups in total. The van der Waals surface area contributed by atoms with E-state index in [9.17, 15) is 9.90 Å². The number of nitrogens with zero attached hydrogens (tertiary/aromatic N) is 1. The van der Waals surface area contributed by atoms with Gasteiger partial charge in [-0.25, -0.2) is 4.98 Å². The molecule has 4 nitrogen and oxygen atoms in total. The summed E-state index contributed by atoms with van der Waals surface area (Å²) in [5, 5.41) is 13.4. The van der Waals surface area contributed by atoms with E-state index in [1.54, 1.807) is 24.3 Å². The van der Waals surface area contributed by atoms with E-state index in [1.165, 1.54) is 0 Å². The number of rotatable bonds is 1. The number of aromatic nitrogens is 1. The van der Waals surface area contributed by atoms with Gasteiger partial charge in [0.25, 0.3) is 0 Å². The fraction of sp³-hybridized carbons (Fsp3) is 0. The number of carbonyl (C=O) groups is 1. The van der Waals surface area contributed by atoms with Crippen LogP contribution in [0.3, 0.4) is 0 Å². The van der Waals surface area contributed by atoms with E-state index in [2.05, 4.69) is 4.98 Å². The van der Waals surface area contributed by atoms with E-state index in [0.29, 0.717) is 16.6 Å². The molecule has 3 rings (SSSR count). The first-order valence-electron chi connectivity index (χ1n) is 5.46. The maximum atomic E-state index is 11.2. The quantitative estimate of drug-likeness (QED) is 0.328. The van der Waals surface area contributed by atoms with Gasteiger partial charge >= 0.3 is 51.4 Å². The van der Waals surface area contributed by atoms with Crippen LogP contribution in [-0.4, -0.2) is 11.0 Å². The number of carboxylic acid groups (broad SMARTS) is 1. The number of hydrogen-bond acceptors (Lipinski definition) is 4. The molecule has 0 bridgehead atoms. The topological polar surface area (TPSA) is 79.0 Å². The van der Waals surface area contributed by atoms with Gasteiger partial charge in [0.2, 0.25) is 0 Å². The smallest absolute Gasteiger partial charge is 0.543 e. The van der Waals surface area contributed by atoms with Crippen LogP contribution in [0.1, 0.15) is 10.5 Å². The zero-order chi connectivity index (χ0) is 12.7. The number of pyridine rings is 1. The standard InChI is InChI=1S/C14H10N2O2.K/c15-8-5-6-9-10-3-1-2-4-12(10)16-13(14(17)18)11(9)7-8;/h1-7H,15H2,(H,17,18);/q;+1/p-1. The zero-order valence-electron chi connectivity index (χ0n) is 10.4. The van der Waals surface area contributed by atoms with Gasteiger partial charge in [0.1, 0.15) is 0 Å². The molecule has 0 spiro atoms. The van der Waals surface area contributed by atoms with Gasteiger partial charge in [-0.15, -0.1) is 0 Å². The van der Waals surface area contributed by atoms with E-state index in [0.717, 1.165) is 10.8 Å². The number of para-hydroxylation sites is 1. The van der Waals surface area contributed by atoms with Crippen LogP contribution in [0.25, 0.3) is 21.7 Å². The summed E-state index contributed by atoms with van der Waals surface area (Å²) in [5.74, 6) is -1.30. The average molecular weight is 276 g/mol. The molecule has 5 heteroatoms. The molecule has 0 fully saturated rings. The first-order chi connectivity index (χ1) is 8.66. The minimum absolute atomic E-state index is 0. The van der Waals surface area contributed by atoms with Crippen LogP contribution in [0.2, 0.25) is 0 Å². The van der Waals surface area contributed by atoms with Gasteiger partial charge in [0.05, 0.1) is 17.2 Å². The predicted molar refractivity (Wildman–Crippen MR) is 68.0 cm³/mol. The maximum Gasteiger partial charge on any atom is 1.00 e. The first-order valence-corrected chi connectivity index (χ1v) is 5.46. The van der Waals surface area contributed by atoms with Gasteiger partial charge in [0.15, 0.2) is 0 Å². The average Bonchev–Trinajstić information content (AvgIpc) is 2.37. The molecule has 3 aromatic rings. The number of carbonyl (C=O) groups excluding carboxylic acids is 1. The maximum absolute atomic E-state index is 11.2. The molecule has 1 heterocycles. The van der Waals surface area contributed by atoms with Crippen molar-refractivity contribution < 1.29 is 61.3 Å². The Morgan fingerprint density at radius 2 is 1.79 bits per heavy atom. The molecular weight excluding hydrogens is 267 g/mol. The Balaban J connectivity index is 0.00000133. The Morgan fingerprint density at radius 3 is 2.53 bits per heavy atom. The molecule has 0 radical (unpaired) electrons. The number of nitrogens with two attached hydrogens (primary N) is 1. The largest absolute Gasteiger partial charge is 1.00 e. The Morgan fingerprint density at radius 1 is 1.05 bits per heavy atom. The van der Waals surface area contributed by atoms with Crippen molar-refractivity contribution in [3.63, 3.8) is 0 Å². The van der Waals surface area contributed by atoms with Crippen molar-refractivity contribution >= 4 is 33.3 Å². The second-order valence-corrected chi connectivity index (χ2v) is 4.07. The van der Waals surface area contributed by atoms with Crippen molar-refractivity contribution in [1.29, 1.82) is 0 Å². The number of aromatic carboxylic acids is 1. The summed E-state index contributed by atoms with van der Waals surface area (Å²) < 4.78 is 0. The van der Waals surface area contributed by atoms with E-state index < -0.39 is 5.97 Å². The fourth-order valence-electron chi connectivity index (χ4n) is 2.13. The number of nitrogen functional groups attached to an aromatic ring is 1. The summed E-state index contributed by atoms with van der Waals surface area (Å²) in [6, 6.07) is 12.5. The van der Waals surface area contributed by atoms with Crippen LogP contribution in [0.15, 0.2) is 42.5 Å². The molecule has 88 valence electrons. The third kappa shape index (κ3) is 2.52. The summed E-state index contributed by atoms with van der Waals surface area (Å²) in [7, 11) is 0. The van der Waals surface area contributed by atoms with Gasteiger partial charge in [-0.05, 0) is 23.6 Å². The van der Waals surface area contributed by atoms with Crippen LogP contribution in [-0.2, 0) is 0 Å². The van der Waals surface area contributed by atoms with Gasteiger partial charge in [-0.2, -0.15) is 0 Å². The van der Waals surface area contributed by atoms with Crippen molar-refractivity contribution in [3.05, 3.63) is 48.2 Å². The molecule has 0 aliphatic carbocycles. The fourth-order valence-corrected chi connectivity index (χ4v) is 2.13. The predicted octanol–water partition coefficient (Wildman–Crippen LogP) is -1.66. The van der Waals surface area contributed by atoms with Crippen molar-refractivity contribution in [2.45, 2.75) is 0 Å². The van der Waals surface area contributed by atoms with E-state index >= 15 is 0 Å². The van der Waals surface area contributed by atoms with Crippen LogP contribution in [0.4, 0.5) is 5.69 Å². The minimum atomic E-state index is -1.30. The molecule has 0 aliphatic rings. The van der Waals surface area contributed by atoms with Crippen LogP contribution >= 0.6 is 0 Å². The molecule has 0 unspecified atom stereocenters. The molecular formula is C14H9KN2O2. The molecule has 0 saturated heterocycles. The molecule has 0 amide bonds. The van der Waals surface area contributed by atoms with E-state index in [1.807, 2.05) is 18.2 Å². The van der Waals surface area contributed by atoms with Crippen molar-refractivity contribution in [3.8, 4) is 0 Å². The Kier molecular flexibility index (Phi) is 4.22. The van der Waals surface area contributed by atoms with Crippen molar-refractivity contribution in [2.75, 3.05) is 5.73 Å². The van der Waals surface area contributed by atoms with Crippen molar-refractivity contribution in [1.82, 2.24) is 4.98 Å². The van der Waals surface area contributed by atoms with Gasteiger partial charge in [-0.3, -0.25) is 0 Å². The minimum Gasteiger partial charge on any atom is -0.543 e. The summed E-state index contributed by atoms with van der Waals surface area (Å²) in [6.45, 7) is 0. The molecule has 0 aliphatic heterocycles. The van der Waals surface area contributed by atoms with Gasteiger partial charge in [-0.1, -0.05) is 24.3 Å². The number of hydrogen-bond donors (Lipinski definition) is 1. The Labute approximate surface area is 152 Å². The monoisotopic (exact) mass is 276 g/mol. The number of carboxylic acids is 1. The van der Waals surface area contributed by atoms with Crippen LogP contribution in [0, 0.1) is 0 Å². The molecule has 0 saturated carbocycles. The summed E-state index contributed by atoms with van der Waals surface area (Å²) >= 11 is 0. The number of fused-ring (bicyclic) bond motifs is 3. The molecule has 19 heavy (non-hydrogen) atoms. The number of anilines is 1. The Bertz CT molecular complexity index is 787.